The summed E-state index contributed by atoms with van der Waals surface area (Å²) >= 11 is 0. The number of nitrogens with two attached hydrogens (primary N) is 1. The standard InChI is InChI=1S/C14H20N2O2/c1-10(2)16(6-5-15)14(17)11-3-4-12-8-18-9-13(12)7-11/h3-4,7,10H,5-6,8-9,15H2,1-2H3. The third kappa shape index (κ3) is 2.54. The molecule has 0 saturated carbocycles. The molecular weight excluding hydrogens is 228 g/mol. The maximum absolute atomic E-state index is 12.4. The number of nitrogens with zero attached hydrogens (tertiary/aromatic N) is 1. The van der Waals surface area contributed by atoms with Crippen LogP contribution < -0.4 is 5.73 Å². The second-order valence-electron chi connectivity index (χ2n) is 4.86. The van der Waals surface area contributed by atoms with Crippen molar-refractivity contribution in [3.05, 3.63) is 34.9 Å². The highest BCUT2D eigenvalue weighted by atomic mass is 16.5. The number of amides is 1. The zero-order chi connectivity index (χ0) is 13.1. The van der Waals surface area contributed by atoms with Crippen LogP contribution in [-0.2, 0) is 18.0 Å². The molecule has 1 aliphatic heterocycles. The molecule has 2 rings (SSSR count). The van der Waals surface area contributed by atoms with Gasteiger partial charge in [0.05, 0.1) is 13.2 Å². The van der Waals surface area contributed by atoms with Crippen molar-refractivity contribution >= 4 is 5.91 Å². The molecule has 0 aromatic heterocycles. The van der Waals surface area contributed by atoms with Crippen LogP contribution in [0.25, 0.3) is 0 Å². The van der Waals surface area contributed by atoms with Crippen molar-refractivity contribution in [2.24, 2.45) is 5.73 Å². The number of benzene rings is 1. The molecule has 4 heteroatoms. The first-order valence-corrected chi connectivity index (χ1v) is 6.34. The highest BCUT2D eigenvalue weighted by molar-refractivity contribution is 5.94. The topological polar surface area (TPSA) is 55.6 Å². The fourth-order valence-corrected chi connectivity index (χ4v) is 2.20. The molecule has 0 spiro atoms. The SMILES string of the molecule is CC(C)N(CCN)C(=O)c1ccc2c(c1)COC2. The fourth-order valence-electron chi connectivity index (χ4n) is 2.20. The predicted molar refractivity (Wildman–Crippen MR) is 70.2 cm³/mol. The van der Waals surface area contributed by atoms with Crippen LogP contribution in [0.5, 0.6) is 0 Å². The average molecular weight is 248 g/mol. The van der Waals surface area contributed by atoms with Gasteiger partial charge in [-0.1, -0.05) is 6.07 Å². The molecule has 1 aromatic rings. The van der Waals surface area contributed by atoms with Gasteiger partial charge in [-0.15, -0.1) is 0 Å². The molecule has 1 aromatic carbocycles. The number of rotatable bonds is 4. The van der Waals surface area contributed by atoms with E-state index >= 15 is 0 Å². The molecule has 0 aliphatic carbocycles. The van der Waals surface area contributed by atoms with Crippen LogP contribution in [0.2, 0.25) is 0 Å². The predicted octanol–water partition coefficient (Wildman–Crippen LogP) is 1.53. The van der Waals surface area contributed by atoms with Crippen LogP contribution in [0.4, 0.5) is 0 Å². The van der Waals surface area contributed by atoms with Crippen molar-refractivity contribution < 1.29 is 9.53 Å². The maximum atomic E-state index is 12.4. The van der Waals surface area contributed by atoms with Gasteiger partial charge in [0.2, 0.25) is 0 Å². The third-order valence-electron chi connectivity index (χ3n) is 3.22. The summed E-state index contributed by atoms with van der Waals surface area (Å²) in [5.41, 5.74) is 8.59. The van der Waals surface area contributed by atoms with Crippen molar-refractivity contribution in [1.29, 1.82) is 0 Å². The maximum Gasteiger partial charge on any atom is 0.254 e. The molecule has 1 heterocycles. The number of hydrogen-bond donors (Lipinski definition) is 1. The molecule has 98 valence electrons. The van der Waals surface area contributed by atoms with Gasteiger partial charge in [0.25, 0.3) is 5.91 Å². The van der Waals surface area contributed by atoms with Gasteiger partial charge in [-0.2, -0.15) is 0 Å². The number of carbonyl (C=O) groups excluding carboxylic acids is 1. The second kappa shape index (κ2) is 5.50. The summed E-state index contributed by atoms with van der Waals surface area (Å²) < 4.78 is 5.36. The molecule has 18 heavy (non-hydrogen) atoms. The van der Waals surface area contributed by atoms with Crippen LogP contribution in [0.15, 0.2) is 18.2 Å². The molecule has 0 unspecified atom stereocenters. The molecule has 0 radical (unpaired) electrons. The van der Waals surface area contributed by atoms with Crippen molar-refractivity contribution in [2.75, 3.05) is 13.1 Å². The largest absolute Gasteiger partial charge is 0.372 e. The fraction of sp³-hybridized carbons (Fsp3) is 0.500. The summed E-state index contributed by atoms with van der Waals surface area (Å²) in [7, 11) is 0. The minimum atomic E-state index is 0.0464. The first kappa shape index (κ1) is 13.1. The van der Waals surface area contributed by atoms with Gasteiger partial charge in [-0.05, 0) is 37.1 Å². The molecule has 0 bridgehead atoms. The Morgan fingerprint density at radius 3 is 2.78 bits per heavy atom. The molecule has 2 N–H and O–H groups in total. The van der Waals surface area contributed by atoms with Gasteiger partial charge < -0.3 is 15.4 Å². The smallest absolute Gasteiger partial charge is 0.254 e. The summed E-state index contributed by atoms with van der Waals surface area (Å²) in [5.74, 6) is 0.0464. The number of fused-ring (bicyclic) bond motifs is 1. The second-order valence-corrected chi connectivity index (χ2v) is 4.86. The van der Waals surface area contributed by atoms with Gasteiger partial charge in [-0.3, -0.25) is 4.79 Å². The number of carbonyl (C=O) groups is 1. The van der Waals surface area contributed by atoms with Crippen molar-refractivity contribution in [1.82, 2.24) is 4.90 Å². The Hall–Kier alpha value is -1.39. The van der Waals surface area contributed by atoms with Crippen molar-refractivity contribution in [3.8, 4) is 0 Å². The number of ether oxygens (including phenoxy) is 1. The first-order valence-electron chi connectivity index (χ1n) is 6.34. The molecule has 0 saturated heterocycles. The Labute approximate surface area is 108 Å². The van der Waals surface area contributed by atoms with E-state index in [1.54, 1.807) is 4.90 Å². The summed E-state index contributed by atoms with van der Waals surface area (Å²) in [5, 5.41) is 0. The average Bonchev–Trinajstić information content (AvgIpc) is 2.81. The lowest BCUT2D eigenvalue weighted by molar-refractivity contribution is 0.0711. The molecule has 1 aliphatic rings. The van der Waals surface area contributed by atoms with Gasteiger partial charge in [0.15, 0.2) is 0 Å². The molecular formula is C14H20N2O2. The van der Waals surface area contributed by atoms with Crippen molar-refractivity contribution in [3.63, 3.8) is 0 Å². The minimum Gasteiger partial charge on any atom is -0.372 e. The van der Waals surface area contributed by atoms with E-state index in [2.05, 4.69) is 0 Å². The zero-order valence-electron chi connectivity index (χ0n) is 11.0. The Balaban J connectivity index is 2.22. The van der Waals surface area contributed by atoms with Gasteiger partial charge >= 0.3 is 0 Å². The van der Waals surface area contributed by atoms with E-state index in [0.29, 0.717) is 26.3 Å². The summed E-state index contributed by atoms with van der Waals surface area (Å²) in [4.78, 5) is 14.2. The zero-order valence-corrected chi connectivity index (χ0v) is 11.0. The van der Waals surface area contributed by atoms with E-state index in [-0.39, 0.29) is 11.9 Å². The van der Waals surface area contributed by atoms with Gasteiger partial charge in [0.1, 0.15) is 0 Å². The van der Waals surface area contributed by atoms with E-state index in [1.165, 1.54) is 5.56 Å². The molecule has 1 amide bonds. The quantitative estimate of drug-likeness (QED) is 0.879. The Morgan fingerprint density at radius 1 is 1.39 bits per heavy atom. The van der Waals surface area contributed by atoms with Crippen LogP contribution >= 0.6 is 0 Å². The molecule has 0 atom stereocenters. The highest BCUT2D eigenvalue weighted by Crippen LogP contribution is 2.21. The van der Waals surface area contributed by atoms with Gasteiger partial charge in [0, 0.05) is 24.7 Å². The first-order chi connectivity index (χ1) is 8.63. The molecule has 0 fully saturated rings. The van der Waals surface area contributed by atoms with Crippen LogP contribution in [-0.4, -0.2) is 29.9 Å². The van der Waals surface area contributed by atoms with Crippen LogP contribution in [0.1, 0.15) is 35.3 Å². The summed E-state index contributed by atoms with van der Waals surface area (Å²) in [6.45, 7) is 6.34. The minimum absolute atomic E-state index is 0.0464. The van der Waals surface area contributed by atoms with E-state index in [0.717, 1.165) is 11.1 Å². The van der Waals surface area contributed by atoms with E-state index in [9.17, 15) is 4.79 Å². The van der Waals surface area contributed by atoms with E-state index in [1.807, 2.05) is 32.0 Å². The lowest BCUT2D eigenvalue weighted by Crippen LogP contribution is -2.40. The van der Waals surface area contributed by atoms with E-state index < -0.39 is 0 Å². The third-order valence-corrected chi connectivity index (χ3v) is 3.22. The monoisotopic (exact) mass is 248 g/mol. The Morgan fingerprint density at radius 2 is 2.11 bits per heavy atom. The van der Waals surface area contributed by atoms with E-state index in [4.69, 9.17) is 10.5 Å². The molecule has 4 nitrogen and oxygen atoms in total. The van der Waals surface area contributed by atoms with Crippen LogP contribution in [0.3, 0.4) is 0 Å². The van der Waals surface area contributed by atoms with Crippen molar-refractivity contribution in [2.45, 2.75) is 33.1 Å². The summed E-state index contributed by atoms with van der Waals surface area (Å²) in [6, 6.07) is 5.96. The summed E-state index contributed by atoms with van der Waals surface area (Å²) in [6.07, 6.45) is 0. The lowest BCUT2D eigenvalue weighted by atomic mass is 10.1. The normalized spacial score (nSPS) is 13.8. The van der Waals surface area contributed by atoms with Crippen LogP contribution in [0, 0.1) is 0 Å². The van der Waals surface area contributed by atoms with Gasteiger partial charge in [-0.25, -0.2) is 0 Å². The number of hydrogen-bond acceptors (Lipinski definition) is 3. The Kier molecular flexibility index (Phi) is 3.99. The highest BCUT2D eigenvalue weighted by Gasteiger charge is 2.20. The Bertz CT molecular complexity index is 443. The lowest BCUT2D eigenvalue weighted by Gasteiger charge is -2.26.